The Bertz CT molecular complexity index is 1060. The fourth-order valence-electron chi connectivity index (χ4n) is 2.28. The van der Waals surface area contributed by atoms with Gasteiger partial charge >= 0.3 is 6.09 Å². The Kier molecular flexibility index (Phi) is 9.07. The second-order valence-corrected chi connectivity index (χ2v) is 7.82. The number of aliphatic hydroxyl groups is 1. The highest BCUT2D eigenvalue weighted by atomic mass is 32.2. The van der Waals surface area contributed by atoms with Crippen molar-refractivity contribution in [1.29, 1.82) is 0 Å². The van der Waals surface area contributed by atoms with Crippen molar-refractivity contribution >= 4 is 27.9 Å². The summed E-state index contributed by atoms with van der Waals surface area (Å²) < 4.78 is 36.7. The van der Waals surface area contributed by atoms with Gasteiger partial charge < -0.3 is 25.2 Å². The van der Waals surface area contributed by atoms with E-state index in [2.05, 4.69) is 15.6 Å². The Balaban J connectivity index is 2.05. The lowest BCUT2D eigenvalue weighted by Gasteiger charge is -2.09. The van der Waals surface area contributed by atoms with Gasteiger partial charge in [0.1, 0.15) is 0 Å². The van der Waals surface area contributed by atoms with Crippen LogP contribution in [0.2, 0.25) is 0 Å². The number of pyridine rings is 1. The van der Waals surface area contributed by atoms with Crippen molar-refractivity contribution in [1.82, 2.24) is 20.3 Å². The molecule has 0 aliphatic rings. The number of methoxy groups -OCH3 is 1. The molecule has 32 heavy (non-hydrogen) atoms. The van der Waals surface area contributed by atoms with Crippen LogP contribution in [0.1, 0.15) is 20.7 Å². The standard InChI is InChI=1S/C19H22N4O8S/c1-30-10-8-20-17(25)13-3-2-4-15(11-13)32(28,29)23-18(26)14-5-6-16(22-12-14)31-19(27)21-7-9-24/h2-6,11-12,24H,7-10H2,1H3,(H,20,25)(H,21,27)(H,23,26). The number of rotatable bonds is 10. The van der Waals surface area contributed by atoms with Crippen LogP contribution in [0.5, 0.6) is 5.88 Å². The van der Waals surface area contributed by atoms with Crippen LogP contribution in [0.3, 0.4) is 0 Å². The molecule has 2 aromatic rings. The third-order valence-corrected chi connectivity index (χ3v) is 5.13. The van der Waals surface area contributed by atoms with E-state index in [0.29, 0.717) is 6.61 Å². The van der Waals surface area contributed by atoms with Gasteiger partial charge in [-0.05, 0) is 24.3 Å². The molecule has 0 fully saturated rings. The molecule has 0 radical (unpaired) electrons. The summed E-state index contributed by atoms with van der Waals surface area (Å²) in [5.74, 6) is -1.59. The zero-order chi connectivity index (χ0) is 23.6. The van der Waals surface area contributed by atoms with Gasteiger partial charge in [-0.15, -0.1) is 0 Å². The summed E-state index contributed by atoms with van der Waals surface area (Å²) in [7, 11) is -2.80. The van der Waals surface area contributed by atoms with Crippen LogP contribution in [0.25, 0.3) is 0 Å². The minimum absolute atomic E-state index is 0.00675. The minimum Gasteiger partial charge on any atom is -0.395 e. The van der Waals surface area contributed by atoms with Crippen LogP contribution in [0.4, 0.5) is 4.79 Å². The van der Waals surface area contributed by atoms with E-state index in [4.69, 9.17) is 14.6 Å². The van der Waals surface area contributed by atoms with Crippen LogP contribution < -0.4 is 20.1 Å². The molecule has 1 aromatic heterocycles. The van der Waals surface area contributed by atoms with Gasteiger partial charge in [0.05, 0.1) is 23.7 Å². The molecular formula is C19H22N4O8S. The fourth-order valence-corrected chi connectivity index (χ4v) is 3.30. The first-order valence-corrected chi connectivity index (χ1v) is 10.7. The molecule has 1 heterocycles. The number of benzene rings is 1. The number of sulfonamides is 1. The predicted octanol–water partition coefficient (Wildman–Crippen LogP) is -0.343. The Morgan fingerprint density at radius 3 is 2.47 bits per heavy atom. The normalized spacial score (nSPS) is 10.8. The molecule has 12 nitrogen and oxygen atoms in total. The number of carbonyl (C=O) groups excluding carboxylic acids is 3. The Labute approximate surface area is 184 Å². The highest BCUT2D eigenvalue weighted by molar-refractivity contribution is 7.90. The van der Waals surface area contributed by atoms with Crippen molar-refractivity contribution in [3.05, 3.63) is 53.7 Å². The molecule has 4 N–H and O–H groups in total. The minimum atomic E-state index is -4.28. The van der Waals surface area contributed by atoms with Crippen LogP contribution in [-0.2, 0) is 14.8 Å². The monoisotopic (exact) mass is 466 g/mol. The SMILES string of the molecule is COCCNC(=O)c1cccc(S(=O)(=O)NC(=O)c2ccc(OC(=O)NCCO)nc2)c1. The van der Waals surface area contributed by atoms with Crippen molar-refractivity contribution in [2.24, 2.45) is 0 Å². The van der Waals surface area contributed by atoms with Crippen molar-refractivity contribution in [2.75, 3.05) is 33.4 Å². The number of carbonyl (C=O) groups is 3. The van der Waals surface area contributed by atoms with Crippen LogP contribution in [0, 0.1) is 0 Å². The predicted molar refractivity (Wildman–Crippen MR) is 111 cm³/mol. The van der Waals surface area contributed by atoms with Gasteiger partial charge in [0.25, 0.3) is 21.8 Å². The van der Waals surface area contributed by atoms with E-state index in [0.717, 1.165) is 12.3 Å². The van der Waals surface area contributed by atoms with E-state index in [1.165, 1.54) is 37.4 Å². The molecule has 0 saturated carbocycles. The average molecular weight is 466 g/mol. The number of aromatic nitrogens is 1. The maximum Gasteiger partial charge on any atom is 0.414 e. The van der Waals surface area contributed by atoms with E-state index in [1.807, 2.05) is 4.72 Å². The second kappa shape index (κ2) is 11.7. The maximum absolute atomic E-state index is 12.6. The lowest BCUT2D eigenvalue weighted by Crippen LogP contribution is -2.31. The first-order valence-electron chi connectivity index (χ1n) is 9.23. The van der Waals surface area contributed by atoms with Gasteiger partial charge in [-0.2, -0.15) is 0 Å². The third-order valence-electron chi connectivity index (χ3n) is 3.80. The number of amides is 3. The van der Waals surface area contributed by atoms with Crippen LogP contribution in [0.15, 0.2) is 47.5 Å². The molecule has 1 aromatic carbocycles. The molecule has 172 valence electrons. The molecule has 0 aliphatic carbocycles. The van der Waals surface area contributed by atoms with Gasteiger partial charge in [0, 0.05) is 38.0 Å². The number of nitrogens with one attached hydrogen (secondary N) is 3. The fraction of sp³-hybridized carbons (Fsp3) is 0.263. The summed E-state index contributed by atoms with van der Waals surface area (Å²) in [5, 5.41) is 13.5. The Morgan fingerprint density at radius 2 is 1.81 bits per heavy atom. The Morgan fingerprint density at radius 1 is 1.03 bits per heavy atom. The summed E-state index contributed by atoms with van der Waals surface area (Å²) in [5.41, 5.74) is -0.00998. The Hall–Kier alpha value is -3.55. The molecule has 0 atom stereocenters. The first kappa shape index (κ1) is 24.7. The van der Waals surface area contributed by atoms with E-state index in [-0.39, 0.29) is 41.6 Å². The maximum atomic E-state index is 12.6. The zero-order valence-electron chi connectivity index (χ0n) is 17.0. The van der Waals surface area contributed by atoms with Crippen LogP contribution in [-0.4, -0.2) is 69.8 Å². The van der Waals surface area contributed by atoms with Crippen molar-refractivity contribution < 1.29 is 37.4 Å². The number of hydrogen-bond acceptors (Lipinski definition) is 9. The number of nitrogens with zero attached hydrogens (tertiary/aromatic N) is 1. The quantitative estimate of drug-likeness (QED) is 0.342. The van der Waals surface area contributed by atoms with E-state index in [1.54, 1.807) is 0 Å². The van der Waals surface area contributed by atoms with E-state index < -0.39 is 27.9 Å². The first-order chi connectivity index (χ1) is 15.3. The number of ether oxygens (including phenoxy) is 2. The summed E-state index contributed by atoms with van der Waals surface area (Å²) in [6.45, 7) is 0.272. The highest BCUT2D eigenvalue weighted by Gasteiger charge is 2.20. The van der Waals surface area contributed by atoms with E-state index >= 15 is 0 Å². The van der Waals surface area contributed by atoms with Crippen molar-refractivity contribution in [3.63, 3.8) is 0 Å². The van der Waals surface area contributed by atoms with Gasteiger partial charge in [0.15, 0.2) is 0 Å². The summed E-state index contributed by atoms with van der Waals surface area (Å²) in [6, 6.07) is 7.60. The van der Waals surface area contributed by atoms with Gasteiger partial charge in [-0.3, -0.25) is 9.59 Å². The smallest absolute Gasteiger partial charge is 0.395 e. The topological polar surface area (TPSA) is 173 Å². The summed E-state index contributed by atoms with van der Waals surface area (Å²) in [6.07, 6.45) is 0.177. The summed E-state index contributed by atoms with van der Waals surface area (Å²) in [4.78, 5) is 39.3. The molecule has 0 spiro atoms. The molecular weight excluding hydrogens is 444 g/mol. The van der Waals surface area contributed by atoms with Crippen molar-refractivity contribution in [3.8, 4) is 5.88 Å². The molecule has 0 aliphatic heterocycles. The molecule has 0 unspecified atom stereocenters. The zero-order valence-corrected chi connectivity index (χ0v) is 17.8. The van der Waals surface area contributed by atoms with Gasteiger partial charge in [-0.25, -0.2) is 22.9 Å². The lowest BCUT2D eigenvalue weighted by atomic mass is 10.2. The molecule has 0 saturated heterocycles. The second-order valence-electron chi connectivity index (χ2n) is 6.14. The van der Waals surface area contributed by atoms with E-state index in [9.17, 15) is 22.8 Å². The van der Waals surface area contributed by atoms with Gasteiger partial charge in [-0.1, -0.05) is 6.07 Å². The molecule has 2 rings (SSSR count). The molecule has 3 amide bonds. The number of aliphatic hydroxyl groups excluding tert-OH is 1. The van der Waals surface area contributed by atoms with Gasteiger partial charge in [0.2, 0.25) is 5.88 Å². The number of hydrogen-bond donors (Lipinski definition) is 4. The third kappa shape index (κ3) is 7.30. The summed E-state index contributed by atoms with van der Waals surface area (Å²) >= 11 is 0. The van der Waals surface area contributed by atoms with Crippen LogP contribution >= 0.6 is 0 Å². The average Bonchev–Trinajstić information content (AvgIpc) is 2.78. The van der Waals surface area contributed by atoms with Crippen molar-refractivity contribution in [2.45, 2.75) is 4.90 Å². The highest BCUT2D eigenvalue weighted by Crippen LogP contribution is 2.13. The largest absolute Gasteiger partial charge is 0.414 e. The lowest BCUT2D eigenvalue weighted by molar-refractivity contribution is 0.0935. The molecule has 0 bridgehead atoms. The molecule has 13 heteroatoms.